The van der Waals surface area contributed by atoms with Gasteiger partial charge in [0.25, 0.3) is 0 Å². The summed E-state index contributed by atoms with van der Waals surface area (Å²) in [6, 6.07) is 11.3. The molecule has 1 aliphatic heterocycles. The first-order valence-corrected chi connectivity index (χ1v) is 9.63. The van der Waals surface area contributed by atoms with Gasteiger partial charge in [-0.3, -0.25) is 19.3 Å². The van der Waals surface area contributed by atoms with E-state index in [-0.39, 0.29) is 25.3 Å². The summed E-state index contributed by atoms with van der Waals surface area (Å²) >= 11 is 3.56. The lowest BCUT2D eigenvalue weighted by Gasteiger charge is -2.14. The molecule has 0 aliphatic carbocycles. The van der Waals surface area contributed by atoms with E-state index in [4.69, 9.17) is 11.1 Å². The molecular formula is C21H19BrN4O2. The van der Waals surface area contributed by atoms with Gasteiger partial charge in [-0.25, -0.2) is 4.98 Å². The molecule has 142 valence electrons. The Morgan fingerprint density at radius 3 is 2.96 bits per heavy atom. The molecule has 0 saturated carbocycles. The highest BCUT2D eigenvalue weighted by molar-refractivity contribution is 9.10. The number of benzene rings is 1. The number of fused-ring (bicyclic) bond motifs is 3. The number of methoxy groups -OCH3 is 1. The van der Waals surface area contributed by atoms with E-state index >= 15 is 0 Å². The van der Waals surface area contributed by atoms with Crippen molar-refractivity contribution in [2.24, 2.45) is 4.99 Å². The zero-order chi connectivity index (χ0) is 20.4. The van der Waals surface area contributed by atoms with E-state index < -0.39 is 0 Å². The second-order valence-corrected chi connectivity index (χ2v) is 7.34. The van der Waals surface area contributed by atoms with Gasteiger partial charge in [0, 0.05) is 35.9 Å². The number of esters is 1. The number of rotatable bonds is 4. The van der Waals surface area contributed by atoms with Gasteiger partial charge in [-0.2, -0.15) is 0 Å². The maximum Gasteiger partial charge on any atom is 0.305 e. The minimum atomic E-state index is -0.363. The van der Waals surface area contributed by atoms with Gasteiger partial charge in [-0.15, -0.1) is 0 Å². The van der Waals surface area contributed by atoms with Gasteiger partial charge in [0.2, 0.25) is 0 Å². The molecule has 4 rings (SSSR count). The third kappa shape index (κ3) is 3.38. The van der Waals surface area contributed by atoms with E-state index in [9.17, 15) is 4.79 Å². The van der Waals surface area contributed by atoms with Crippen molar-refractivity contribution in [2.75, 3.05) is 7.11 Å². The number of imidazole rings is 1. The van der Waals surface area contributed by atoms with Crippen molar-refractivity contribution in [3.8, 4) is 5.69 Å². The first kappa shape index (κ1) is 17.3. The minimum Gasteiger partial charge on any atom is -0.469 e. The molecule has 2 aromatic heterocycles. The van der Waals surface area contributed by atoms with Gasteiger partial charge in [0.05, 0.1) is 24.2 Å². The SMILES string of the molecule is [2H]Cc1cnc2n1-c1ccc(Br)cc1C(c1ccccn1)=NC2CCC(=O)OC. The van der Waals surface area contributed by atoms with E-state index in [1.54, 1.807) is 12.4 Å². The molecule has 28 heavy (non-hydrogen) atoms. The first-order valence-electron chi connectivity index (χ1n) is 9.55. The van der Waals surface area contributed by atoms with Gasteiger partial charge in [-0.1, -0.05) is 22.0 Å². The minimum absolute atomic E-state index is 0.0884. The predicted octanol–water partition coefficient (Wildman–Crippen LogP) is 4.18. The Bertz CT molecular complexity index is 1080. The topological polar surface area (TPSA) is 69.4 Å². The first-order chi connectivity index (χ1) is 14.1. The van der Waals surface area contributed by atoms with Gasteiger partial charge in [-0.05, 0) is 43.7 Å². The highest BCUT2D eigenvalue weighted by Gasteiger charge is 2.28. The quantitative estimate of drug-likeness (QED) is 0.571. The predicted molar refractivity (Wildman–Crippen MR) is 110 cm³/mol. The van der Waals surface area contributed by atoms with Crippen LogP contribution in [-0.4, -0.2) is 33.3 Å². The number of hydrogen-bond acceptors (Lipinski definition) is 5. The van der Waals surface area contributed by atoms with Crippen molar-refractivity contribution in [3.05, 3.63) is 76.0 Å². The third-order valence-electron chi connectivity index (χ3n) is 4.66. The molecule has 3 aromatic rings. The Morgan fingerprint density at radius 1 is 1.32 bits per heavy atom. The molecular weight excluding hydrogens is 420 g/mol. The Hall–Kier alpha value is -2.80. The summed E-state index contributed by atoms with van der Waals surface area (Å²) in [5.41, 5.74) is 4.04. The van der Waals surface area contributed by atoms with Crippen LogP contribution in [0.15, 0.2) is 58.3 Å². The van der Waals surface area contributed by atoms with Gasteiger partial charge in [0.15, 0.2) is 0 Å². The monoisotopic (exact) mass is 439 g/mol. The number of aliphatic imine (C=N–C) groups is 1. The molecule has 3 heterocycles. The molecule has 0 radical (unpaired) electrons. The van der Waals surface area contributed by atoms with Crippen LogP contribution in [0.5, 0.6) is 0 Å². The van der Waals surface area contributed by atoms with Crippen LogP contribution in [0, 0.1) is 6.90 Å². The average molecular weight is 440 g/mol. The zero-order valence-electron chi connectivity index (χ0n) is 16.3. The highest BCUT2D eigenvalue weighted by atomic mass is 79.9. The van der Waals surface area contributed by atoms with Gasteiger partial charge in [0.1, 0.15) is 11.9 Å². The molecule has 0 amide bonds. The fourth-order valence-electron chi connectivity index (χ4n) is 3.35. The van der Waals surface area contributed by atoms with E-state index in [1.165, 1.54) is 7.11 Å². The van der Waals surface area contributed by atoms with E-state index in [1.807, 2.05) is 41.0 Å². The number of pyridine rings is 1. The number of nitrogens with zero attached hydrogens (tertiary/aromatic N) is 4. The summed E-state index contributed by atoms with van der Waals surface area (Å²) in [4.78, 5) is 25.9. The summed E-state index contributed by atoms with van der Waals surface area (Å²) in [7, 11) is 1.38. The molecule has 0 saturated heterocycles. The normalized spacial score (nSPS) is 15.7. The number of carbonyl (C=O) groups is 1. The highest BCUT2D eigenvalue weighted by Crippen LogP contribution is 2.34. The molecule has 1 unspecified atom stereocenters. The molecule has 0 N–H and O–H groups in total. The van der Waals surface area contributed by atoms with Crippen LogP contribution in [0.2, 0.25) is 0 Å². The van der Waals surface area contributed by atoms with Crippen LogP contribution in [-0.2, 0) is 9.53 Å². The van der Waals surface area contributed by atoms with Crippen molar-refractivity contribution in [2.45, 2.75) is 25.8 Å². The maximum atomic E-state index is 11.8. The number of aryl methyl sites for hydroxylation is 1. The second kappa shape index (κ2) is 7.67. The van der Waals surface area contributed by atoms with Crippen LogP contribution in [0.4, 0.5) is 0 Å². The summed E-state index contributed by atoms with van der Waals surface area (Å²) in [5, 5.41) is 0. The molecule has 6 nitrogen and oxygen atoms in total. The molecule has 1 aromatic carbocycles. The maximum absolute atomic E-state index is 11.8. The van der Waals surface area contributed by atoms with Gasteiger partial charge >= 0.3 is 5.97 Å². The molecule has 7 heteroatoms. The lowest BCUT2D eigenvalue weighted by atomic mass is 10.0. The third-order valence-corrected chi connectivity index (χ3v) is 5.15. The molecule has 1 atom stereocenters. The smallest absolute Gasteiger partial charge is 0.305 e. The Morgan fingerprint density at radius 2 is 2.21 bits per heavy atom. The lowest BCUT2D eigenvalue weighted by molar-refractivity contribution is -0.140. The Labute approximate surface area is 172 Å². The fourth-order valence-corrected chi connectivity index (χ4v) is 3.71. The standard InChI is InChI=1S/C21H19BrN4O2/c1-13-12-24-21-17(7-9-19(27)28-2)25-20(16-5-3-4-10-23-16)15-11-14(22)6-8-18(15)26(13)21/h3-6,8,10-12,17H,7,9H2,1-2H3/i1D. The van der Waals surface area contributed by atoms with Crippen molar-refractivity contribution in [1.29, 1.82) is 0 Å². The average Bonchev–Trinajstić information content (AvgIpc) is 3.12. The van der Waals surface area contributed by atoms with Crippen molar-refractivity contribution in [3.63, 3.8) is 0 Å². The van der Waals surface area contributed by atoms with Gasteiger partial charge < -0.3 is 4.74 Å². The molecule has 0 spiro atoms. The summed E-state index contributed by atoms with van der Waals surface area (Å²) < 4.78 is 15.7. The van der Waals surface area contributed by atoms with E-state index in [0.717, 1.165) is 32.8 Å². The van der Waals surface area contributed by atoms with Crippen molar-refractivity contribution >= 4 is 27.6 Å². The van der Waals surface area contributed by atoms with Crippen LogP contribution in [0.25, 0.3) is 5.69 Å². The molecule has 0 fully saturated rings. The molecule has 1 aliphatic rings. The lowest BCUT2D eigenvalue weighted by Crippen LogP contribution is -2.09. The van der Waals surface area contributed by atoms with Crippen molar-refractivity contribution < 1.29 is 10.9 Å². The summed E-state index contributed by atoms with van der Waals surface area (Å²) in [6.07, 6.45) is 4.12. The summed E-state index contributed by atoms with van der Waals surface area (Å²) in [5.74, 6) is 0.425. The molecule has 0 bridgehead atoms. The summed E-state index contributed by atoms with van der Waals surface area (Å²) in [6.45, 7) is 0.0884. The largest absolute Gasteiger partial charge is 0.469 e. The van der Waals surface area contributed by atoms with Crippen molar-refractivity contribution in [1.82, 2.24) is 14.5 Å². The zero-order valence-corrected chi connectivity index (χ0v) is 16.9. The Balaban J connectivity index is 1.94. The fraction of sp³-hybridized carbons (Fsp3) is 0.238. The van der Waals surface area contributed by atoms with E-state index in [0.29, 0.717) is 12.2 Å². The van der Waals surface area contributed by atoms with Crippen LogP contribution >= 0.6 is 15.9 Å². The second-order valence-electron chi connectivity index (χ2n) is 6.43. The number of ether oxygens (including phenoxy) is 1. The number of hydrogen-bond donors (Lipinski definition) is 0. The number of carbonyl (C=O) groups excluding carboxylic acids is 1. The Kier molecular flexibility index (Phi) is 4.74. The number of halogens is 1. The van der Waals surface area contributed by atoms with Crippen LogP contribution in [0.1, 0.15) is 43.0 Å². The van der Waals surface area contributed by atoms with Crippen LogP contribution < -0.4 is 0 Å². The number of aromatic nitrogens is 3. The van der Waals surface area contributed by atoms with Crippen LogP contribution in [0.3, 0.4) is 0 Å². The van der Waals surface area contributed by atoms with E-state index in [2.05, 4.69) is 25.9 Å².